The summed E-state index contributed by atoms with van der Waals surface area (Å²) in [6.07, 6.45) is 0. The molecule has 0 aliphatic rings. The van der Waals surface area contributed by atoms with Gasteiger partial charge in [-0.05, 0) is 25.2 Å². The van der Waals surface area contributed by atoms with Gasteiger partial charge in [0.2, 0.25) is 10.0 Å². The van der Waals surface area contributed by atoms with Crippen molar-refractivity contribution in [3.63, 3.8) is 0 Å². The van der Waals surface area contributed by atoms with Crippen LogP contribution < -0.4 is 14.8 Å². The molecule has 0 saturated carbocycles. The van der Waals surface area contributed by atoms with Gasteiger partial charge in [-0.15, -0.1) is 0 Å². The van der Waals surface area contributed by atoms with Gasteiger partial charge in [-0.3, -0.25) is 4.72 Å². The van der Waals surface area contributed by atoms with Gasteiger partial charge >= 0.3 is 0 Å². The summed E-state index contributed by atoms with van der Waals surface area (Å²) in [4.78, 5) is 0. The predicted octanol–water partition coefficient (Wildman–Crippen LogP) is 1.42. The van der Waals surface area contributed by atoms with E-state index in [1.165, 1.54) is 7.11 Å². The average molecular weight is 323 g/mol. The van der Waals surface area contributed by atoms with E-state index in [1.807, 2.05) is 0 Å². The summed E-state index contributed by atoms with van der Waals surface area (Å²) in [6, 6.07) is 5.14. The van der Waals surface area contributed by atoms with Crippen LogP contribution in [0.3, 0.4) is 0 Å². The molecule has 0 amide bonds. The minimum atomic E-state index is -3.36. The number of ether oxygens (including phenoxy) is 1. The summed E-state index contributed by atoms with van der Waals surface area (Å²) in [7, 11) is -0.161. The first-order valence-corrected chi connectivity index (χ1v) is 7.41. The van der Waals surface area contributed by atoms with Gasteiger partial charge in [0.25, 0.3) is 0 Å². The fourth-order valence-electron chi connectivity index (χ4n) is 1.21. The maximum atomic E-state index is 11.7. The van der Waals surface area contributed by atoms with Gasteiger partial charge in [0, 0.05) is 11.0 Å². The lowest BCUT2D eigenvalue weighted by Gasteiger charge is -2.12. The average Bonchev–Trinajstić information content (AvgIpc) is 2.26. The third-order valence-corrected chi connectivity index (χ3v) is 3.81. The Morgan fingerprint density at radius 1 is 1.41 bits per heavy atom. The smallest absolute Gasteiger partial charge is 0.234 e. The molecule has 0 aromatic heterocycles. The molecule has 1 rings (SSSR count). The highest BCUT2D eigenvalue weighted by Crippen LogP contribution is 2.28. The lowest BCUT2D eigenvalue weighted by atomic mass is 10.3. The van der Waals surface area contributed by atoms with Crippen LogP contribution in [0.5, 0.6) is 5.75 Å². The Labute approximate surface area is 110 Å². The number of rotatable bonds is 6. The molecule has 5 nitrogen and oxygen atoms in total. The van der Waals surface area contributed by atoms with Gasteiger partial charge in [0.15, 0.2) is 0 Å². The molecule has 2 N–H and O–H groups in total. The van der Waals surface area contributed by atoms with E-state index in [9.17, 15) is 8.42 Å². The molecule has 0 atom stereocenters. The summed E-state index contributed by atoms with van der Waals surface area (Å²) < 4.78 is 31.8. The Kier molecular flexibility index (Phi) is 5.23. The molecule has 7 heteroatoms. The van der Waals surface area contributed by atoms with Crippen LogP contribution in [0.15, 0.2) is 22.7 Å². The lowest BCUT2D eigenvalue weighted by molar-refractivity contribution is 0.417. The standard InChI is InChI=1S/C10H15BrN2O3S/c1-12-5-6-17(14,15)13-9-7-8(11)3-4-10(9)16-2/h3-4,7,12-13H,5-6H2,1-2H3. The van der Waals surface area contributed by atoms with Gasteiger partial charge < -0.3 is 10.1 Å². The molecule has 0 aliphatic heterocycles. The Hall–Kier alpha value is -0.790. The Morgan fingerprint density at radius 2 is 2.12 bits per heavy atom. The topological polar surface area (TPSA) is 67.4 Å². The zero-order chi connectivity index (χ0) is 12.9. The molecular weight excluding hydrogens is 308 g/mol. The third kappa shape index (κ3) is 4.53. The largest absolute Gasteiger partial charge is 0.495 e. The van der Waals surface area contributed by atoms with Gasteiger partial charge in [-0.25, -0.2) is 8.42 Å². The highest BCUT2D eigenvalue weighted by molar-refractivity contribution is 9.10. The molecule has 0 unspecified atom stereocenters. The Morgan fingerprint density at radius 3 is 2.71 bits per heavy atom. The number of halogens is 1. The summed E-state index contributed by atoms with van der Waals surface area (Å²) in [6.45, 7) is 0.394. The van der Waals surface area contributed by atoms with E-state index in [1.54, 1.807) is 25.2 Å². The minimum absolute atomic E-state index is 0.0131. The molecular formula is C10H15BrN2O3S. The first-order valence-electron chi connectivity index (χ1n) is 4.97. The van der Waals surface area contributed by atoms with E-state index >= 15 is 0 Å². The Bertz CT molecular complexity index is 476. The second-order valence-corrected chi connectivity index (χ2v) is 6.13. The summed E-state index contributed by atoms with van der Waals surface area (Å²) in [5, 5.41) is 2.79. The molecule has 0 fully saturated rings. The van der Waals surface area contributed by atoms with Crippen molar-refractivity contribution in [2.75, 3.05) is 31.2 Å². The van der Waals surface area contributed by atoms with Crippen LogP contribution in [0, 0.1) is 0 Å². The second kappa shape index (κ2) is 6.23. The molecule has 1 aromatic rings. The van der Waals surface area contributed by atoms with Crippen molar-refractivity contribution in [3.8, 4) is 5.75 Å². The van der Waals surface area contributed by atoms with Crippen molar-refractivity contribution in [2.45, 2.75) is 0 Å². The van der Waals surface area contributed by atoms with Crippen molar-refractivity contribution in [3.05, 3.63) is 22.7 Å². The highest BCUT2D eigenvalue weighted by Gasteiger charge is 2.13. The van der Waals surface area contributed by atoms with Crippen LogP contribution in [0.4, 0.5) is 5.69 Å². The maximum Gasteiger partial charge on any atom is 0.234 e. The van der Waals surface area contributed by atoms with Crippen molar-refractivity contribution in [2.24, 2.45) is 0 Å². The number of nitrogens with one attached hydrogen (secondary N) is 2. The van der Waals surface area contributed by atoms with Crippen molar-refractivity contribution in [1.29, 1.82) is 0 Å². The van der Waals surface area contributed by atoms with Crippen LogP contribution >= 0.6 is 15.9 Å². The van der Waals surface area contributed by atoms with E-state index in [2.05, 4.69) is 26.0 Å². The van der Waals surface area contributed by atoms with E-state index in [0.717, 1.165) is 4.47 Å². The number of hydrogen-bond acceptors (Lipinski definition) is 4. The molecule has 0 aliphatic carbocycles. The molecule has 0 heterocycles. The van der Waals surface area contributed by atoms with Crippen LogP contribution in [0.25, 0.3) is 0 Å². The second-order valence-electron chi connectivity index (χ2n) is 3.37. The third-order valence-electron chi connectivity index (χ3n) is 2.05. The summed E-state index contributed by atoms with van der Waals surface area (Å²) in [5.74, 6) is 0.500. The quantitative estimate of drug-likeness (QED) is 0.831. The number of methoxy groups -OCH3 is 1. The number of sulfonamides is 1. The van der Waals surface area contributed by atoms with Crippen LogP contribution in [-0.2, 0) is 10.0 Å². The fourth-order valence-corrected chi connectivity index (χ4v) is 2.65. The SMILES string of the molecule is CNCCS(=O)(=O)Nc1cc(Br)ccc1OC. The van der Waals surface area contributed by atoms with E-state index in [4.69, 9.17) is 4.74 Å². The number of hydrogen-bond donors (Lipinski definition) is 2. The molecule has 96 valence electrons. The first-order chi connectivity index (χ1) is 7.98. The lowest BCUT2D eigenvalue weighted by Crippen LogP contribution is -2.24. The molecule has 0 bridgehead atoms. The first kappa shape index (κ1) is 14.3. The monoisotopic (exact) mass is 322 g/mol. The number of anilines is 1. The molecule has 0 saturated heterocycles. The predicted molar refractivity (Wildman–Crippen MR) is 72.0 cm³/mol. The van der Waals surface area contributed by atoms with Crippen molar-refractivity contribution < 1.29 is 13.2 Å². The van der Waals surface area contributed by atoms with E-state index in [0.29, 0.717) is 18.0 Å². The molecule has 0 spiro atoms. The van der Waals surface area contributed by atoms with E-state index in [-0.39, 0.29) is 5.75 Å². The van der Waals surface area contributed by atoms with Crippen molar-refractivity contribution in [1.82, 2.24) is 5.32 Å². The zero-order valence-corrected chi connectivity index (χ0v) is 12.1. The normalized spacial score (nSPS) is 11.2. The minimum Gasteiger partial charge on any atom is -0.495 e. The van der Waals surface area contributed by atoms with Gasteiger partial charge in [0.05, 0.1) is 18.6 Å². The molecule has 0 radical (unpaired) electrons. The highest BCUT2D eigenvalue weighted by atomic mass is 79.9. The zero-order valence-electron chi connectivity index (χ0n) is 9.66. The van der Waals surface area contributed by atoms with E-state index < -0.39 is 10.0 Å². The van der Waals surface area contributed by atoms with Crippen LogP contribution in [0.2, 0.25) is 0 Å². The van der Waals surface area contributed by atoms with Crippen molar-refractivity contribution >= 4 is 31.6 Å². The molecule has 17 heavy (non-hydrogen) atoms. The summed E-state index contributed by atoms with van der Waals surface area (Å²) in [5.41, 5.74) is 0.429. The Balaban J connectivity index is 2.90. The summed E-state index contributed by atoms with van der Waals surface area (Å²) >= 11 is 3.28. The molecule has 1 aromatic carbocycles. The number of benzene rings is 1. The van der Waals surface area contributed by atoms with Crippen LogP contribution in [-0.4, -0.2) is 34.9 Å². The fraction of sp³-hybridized carbons (Fsp3) is 0.400. The van der Waals surface area contributed by atoms with Gasteiger partial charge in [0.1, 0.15) is 5.75 Å². The van der Waals surface area contributed by atoms with Gasteiger partial charge in [-0.1, -0.05) is 15.9 Å². The van der Waals surface area contributed by atoms with Gasteiger partial charge in [-0.2, -0.15) is 0 Å². The van der Waals surface area contributed by atoms with Crippen LogP contribution in [0.1, 0.15) is 0 Å². The maximum absolute atomic E-state index is 11.7.